The van der Waals surface area contributed by atoms with Crippen molar-refractivity contribution < 1.29 is 13.2 Å². The second-order valence-electron chi connectivity index (χ2n) is 6.44. The summed E-state index contributed by atoms with van der Waals surface area (Å²) in [7, 11) is 0. The predicted molar refractivity (Wildman–Crippen MR) is 86.3 cm³/mol. The smallest absolute Gasteiger partial charge is 0.321 e. The summed E-state index contributed by atoms with van der Waals surface area (Å²) in [5.41, 5.74) is 8.77. The average Bonchev–Trinajstić information content (AvgIpc) is 3.19. The Balaban J connectivity index is 1.75. The molecule has 2 aromatic heterocycles. The van der Waals surface area contributed by atoms with E-state index in [1.165, 1.54) is 6.07 Å². The highest BCUT2D eigenvalue weighted by Crippen LogP contribution is 2.42. The number of hydrogen-bond acceptors (Lipinski definition) is 4. The van der Waals surface area contributed by atoms with Crippen molar-refractivity contribution >= 4 is 16.9 Å². The lowest BCUT2D eigenvalue weighted by molar-refractivity contribution is -0.141. The molecule has 25 heavy (non-hydrogen) atoms. The summed E-state index contributed by atoms with van der Waals surface area (Å²) in [5.74, 6) is 1.08. The van der Waals surface area contributed by atoms with Crippen molar-refractivity contribution in [2.45, 2.75) is 31.5 Å². The third-order valence-corrected chi connectivity index (χ3v) is 4.61. The van der Waals surface area contributed by atoms with Gasteiger partial charge < -0.3 is 5.43 Å². The second kappa shape index (κ2) is 4.95. The summed E-state index contributed by atoms with van der Waals surface area (Å²) in [6.45, 7) is 0.662. The van der Waals surface area contributed by atoms with E-state index in [9.17, 15) is 13.2 Å². The van der Waals surface area contributed by atoms with Crippen LogP contribution >= 0.6 is 0 Å². The van der Waals surface area contributed by atoms with Gasteiger partial charge in [0.2, 0.25) is 0 Å². The van der Waals surface area contributed by atoms with Gasteiger partial charge in [0.15, 0.2) is 5.65 Å². The van der Waals surface area contributed by atoms with Crippen LogP contribution in [0.1, 0.15) is 35.8 Å². The van der Waals surface area contributed by atoms with Gasteiger partial charge >= 0.3 is 6.18 Å². The monoisotopic (exact) mass is 345 g/mol. The first-order chi connectivity index (χ1) is 12.0. The molecule has 2 N–H and O–H groups in total. The number of hydrogen-bond donors (Lipinski definition) is 2. The number of rotatable bonds is 2. The summed E-state index contributed by atoms with van der Waals surface area (Å²) in [4.78, 5) is 8.46. The van der Waals surface area contributed by atoms with E-state index in [1.807, 2.05) is 18.2 Å². The molecule has 1 aromatic carbocycles. The molecule has 3 heterocycles. The Bertz CT molecular complexity index is 988. The Morgan fingerprint density at radius 1 is 1.08 bits per heavy atom. The molecular formula is C17H14F3N5. The number of halogens is 3. The van der Waals surface area contributed by atoms with Crippen LogP contribution in [0.2, 0.25) is 0 Å². The summed E-state index contributed by atoms with van der Waals surface area (Å²) < 4.78 is 41.1. The van der Waals surface area contributed by atoms with Gasteiger partial charge in [0.05, 0.1) is 5.69 Å². The van der Waals surface area contributed by atoms with Crippen molar-refractivity contribution in [3.05, 3.63) is 47.4 Å². The standard InChI is InChI=1S/C17H14F3N5/c18-17(19,20)14-6-5-13-16(23-14)25(15(22-13)9-1-2-9)11-3-4-12-10(7-11)8-21-24-12/h3-7,9,21,24H,1-2,8H2. The van der Waals surface area contributed by atoms with Crippen molar-refractivity contribution in [1.29, 1.82) is 0 Å². The van der Waals surface area contributed by atoms with Gasteiger partial charge in [-0.2, -0.15) is 13.2 Å². The van der Waals surface area contributed by atoms with Gasteiger partial charge in [0.25, 0.3) is 0 Å². The summed E-state index contributed by atoms with van der Waals surface area (Å²) in [6, 6.07) is 8.17. The molecule has 0 unspecified atom stereocenters. The SMILES string of the molecule is FC(F)(F)c1ccc2nc(C3CC3)n(-c3ccc4c(c3)CNN4)c2n1. The number of fused-ring (bicyclic) bond motifs is 2. The van der Waals surface area contributed by atoms with Crippen LogP contribution < -0.4 is 10.9 Å². The van der Waals surface area contributed by atoms with E-state index < -0.39 is 11.9 Å². The zero-order valence-electron chi connectivity index (χ0n) is 13.1. The van der Waals surface area contributed by atoms with Crippen molar-refractivity contribution in [3.8, 4) is 5.69 Å². The molecule has 1 aliphatic carbocycles. The molecule has 1 aliphatic heterocycles. The minimum atomic E-state index is -4.48. The van der Waals surface area contributed by atoms with Crippen LogP contribution in [0, 0.1) is 0 Å². The molecule has 0 spiro atoms. The van der Waals surface area contributed by atoms with Crippen LogP contribution in [0.5, 0.6) is 0 Å². The van der Waals surface area contributed by atoms with E-state index in [0.717, 1.165) is 41.7 Å². The highest BCUT2D eigenvalue weighted by molar-refractivity contribution is 5.75. The molecule has 0 amide bonds. The van der Waals surface area contributed by atoms with Gasteiger partial charge in [-0.3, -0.25) is 4.57 Å². The number of imidazole rings is 1. The van der Waals surface area contributed by atoms with Gasteiger partial charge in [-0.15, -0.1) is 0 Å². The first kappa shape index (κ1) is 14.7. The molecule has 0 bridgehead atoms. The maximum Gasteiger partial charge on any atom is 0.433 e. The van der Waals surface area contributed by atoms with E-state index in [1.54, 1.807) is 4.57 Å². The normalized spacial score (nSPS) is 16.9. The van der Waals surface area contributed by atoms with E-state index in [2.05, 4.69) is 20.8 Å². The molecule has 8 heteroatoms. The van der Waals surface area contributed by atoms with Gasteiger partial charge in [0, 0.05) is 18.2 Å². The van der Waals surface area contributed by atoms with Crippen LogP contribution in [0.4, 0.5) is 18.9 Å². The first-order valence-corrected chi connectivity index (χ1v) is 8.09. The van der Waals surface area contributed by atoms with E-state index in [0.29, 0.717) is 12.1 Å². The van der Waals surface area contributed by atoms with Crippen LogP contribution in [-0.4, -0.2) is 14.5 Å². The van der Waals surface area contributed by atoms with Crippen LogP contribution in [0.3, 0.4) is 0 Å². The molecule has 5 nitrogen and oxygen atoms in total. The first-order valence-electron chi connectivity index (χ1n) is 8.09. The van der Waals surface area contributed by atoms with E-state index >= 15 is 0 Å². The van der Waals surface area contributed by atoms with E-state index in [-0.39, 0.29) is 11.6 Å². The molecule has 1 fully saturated rings. The van der Waals surface area contributed by atoms with Crippen molar-refractivity contribution in [2.75, 3.05) is 5.43 Å². The molecule has 128 valence electrons. The number of hydrazine groups is 1. The number of anilines is 1. The third-order valence-electron chi connectivity index (χ3n) is 4.61. The minimum absolute atomic E-state index is 0.260. The van der Waals surface area contributed by atoms with Crippen molar-refractivity contribution in [2.24, 2.45) is 0 Å². The highest BCUT2D eigenvalue weighted by atomic mass is 19.4. The quantitative estimate of drug-likeness (QED) is 0.743. The fraction of sp³-hybridized carbons (Fsp3) is 0.294. The number of benzene rings is 1. The molecule has 5 rings (SSSR count). The Hall–Kier alpha value is -2.61. The largest absolute Gasteiger partial charge is 0.433 e. The Morgan fingerprint density at radius 3 is 2.68 bits per heavy atom. The Morgan fingerprint density at radius 2 is 1.92 bits per heavy atom. The molecule has 0 atom stereocenters. The van der Waals surface area contributed by atoms with Gasteiger partial charge in [0.1, 0.15) is 17.0 Å². The zero-order valence-corrected chi connectivity index (χ0v) is 13.1. The average molecular weight is 345 g/mol. The molecule has 2 aliphatic rings. The van der Waals surface area contributed by atoms with Gasteiger partial charge in [-0.25, -0.2) is 15.4 Å². The third kappa shape index (κ3) is 2.36. The minimum Gasteiger partial charge on any atom is -0.321 e. The molecular weight excluding hydrogens is 331 g/mol. The van der Waals surface area contributed by atoms with Gasteiger partial charge in [-0.1, -0.05) is 0 Å². The lowest BCUT2D eigenvalue weighted by Gasteiger charge is -2.11. The molecule has 0 saturated heterocycles. The topological polar surface area (TPSA) is 54.8 Å². The lowest BCUT2D eigenvalue weighted by Crippen LogP contribution is -2.10. The summed E-state index contributed by atoms with van der Waals surface area (Å²) >= 11 is 0. The molecule has 1 saturated carbocycles. The number of alkyl halides is 3. The van der Waals surface area contributed by atoms with Gasteiger partial charge in [-0.05, 0) is 48.7 Å². The van der Waals surface area contributed by atoms with Crippen LogP contribution in [0.25, 0.3) is 16.9 Å². The lowest BCUT2D eigenvalue weighted by atomic mass is 10.1. The molecule has 3 aromatic rings. The maximum atomic E-state index is 13.1. The maximum absolute atomic E-state index is 13.1. The number of pyridine rings is 1. The summed E-state index contributed by atoms with van der Waals surface area (Å²) in [5, 5.41) is 0. The predicted octanol–water partition coefficient (Wildman–Crippen LogP) is 3.75. The fourth-order valence-electron chi connectivity index (χ4n) is 3.22. The highest BCUT2D eigenvalue weighted by Gasteiger charge is 2.35. The number of nitrogens with zero attached hydrogens (tertiary/aromatic N) is 3. The number of aromatic nitrogens is 3. The second-order valence-corrected chi connectivity index (χ2v) is 6.44. The number of nitrogens with one attached hydrogen (secondary N) is 2. The Labute approximate surface area is 140 Å². The van der Waals surface area contributed by atoms with E-state index in [4.69, 9.17) is 0 Å². The summed E-state index contributed by atoms with van der Waals surface area (Å²) in [6.07, 6.45) is -2.47. The van der Waals surface area contributed by atoms with Crippen molar-refractivity contribution in [1.82, 2.24) is 20.0 Å². The van der Waals surface area contributed by atoms with Crippen molar-refractivity contribution in [3.63, 3.8) is 0 Å². The zero-order chi connectivity index (χ0) is 17.2. The fourth-order valence-corrected chi connectivity index (χ4v) is 3.22. The molecule has 0 radical (unpaired) electrons. The van der Waals surface area contributed by atoms with Crippen LogP contribution in [0.15, 0.2) is 30.3 Å². The van der Waals surface area contributed by atoms with Crippen LogP contribution in [-0.2, 0) is 12.7 Å². The Kier molecular flexibility index (Phi) is 2.91.